The van der Waals surface area contributed by atoms with E-state index in [2.05, 4.69) is 54.2 Å². The van der Waals surface area contributed by atoms with Gasteiger partial charge in [-0.15, -0.1) is 0 Å². The molecule has 4 rings (SSSR count). The van der Waals surface area contributed by atoms with Crippen LogP contribution in [0.2, 0.25) is 0 Å². The molecule has 0 saturated carbocycles. The molecule has 1 aliphatic heterocycles. The summed E-state index contributed by atoms with van der Waals surface area (Å²) in [5, 5.41) is 3.93. The number of nitrogens with one attached hydrogen (secondary N) is 1. The number of hydrogen-bond acceptors (Lipinski definition) is 4. The van der Waals surface area contributed by atoms with E-state index in [0.717, 1.165) is 36.5 Å². The van der Waals surface area contributed by atoms with E-state index in [0.29, 0.717) is 15.3 Å². The number of allylic oxidation sites excluding steroid dienone is 2. The van der Waals surface area contributed by atoms with Gasteiger partial charge in [-0.25, -0.2) is 4.98 Å². The van der Waals surface area contributed by atoms with Crippen molar-refractivity contribution < 1.29 is 13.2 Å². The largest absolute Gasteiger partial charge is 0.416 e. The highest BCUT2D eigenvalue weighted by Gasteiger charge is 2.36. The summed E-state index contributed by atoms with van der Waals surface area (Å²) >= 11 is 1.35. The van der Waals surface area contributed by atoms with Gasteiger partial charge in [-0.3, -0.25) is 0 Å². The number of halogens is 3. The molecule has 0 saturated heterocycles. The van der Waals surface area contributed by atoms with Gasteiger partial charge in [0.2, 0.25) is 0 Å². The van der Waals surface area contributed by atoms with Crippen molar-refractivity contribution in [2.75, 3.05) is 16.8 Å². The van der Waals surface area contributed by atoms with Crippen LogP contribution in [0.15, 0.2) is 65.9 Å². The van der Waals surface area contributed by atoms with Gasteiger partial charge in [0.05, 0.1) is 27.2 Å². The van der Waals surface area contributed by atoms with E-state index in [1.54, 1.807) is 0 Å². The Hall–Kier alpha value is -2.80. The minimum absolute atomic E-state index is 0.0495. The Balaban J connectivity index is 1.69. The fourth-order valence-corrected chi connectivity index (χ4v) is 4.87. The van der Waals surface area contributed by atoms with Crippen molar-refractivity contribution in [3.8, 4) is 0 Å². The molecule has 32 heavy (non-hydrogen) atoms. The molecule has 1 aromatic heterocycles. The second kappa shape index (κ2) is 8.28. The zero-order valence-electron chi connectivity index (χ0n) is 18.5. The standard InChI is InChI=1S/C25H26F3N3S/c1-5-6-10-20-16(2)24(3,4)15-31(20)21-11-8-7-9-18(21)29-23-30-19-14-17(25(26,27)28)12-13-22(19)32-23/h5-9,11-14H,10,15H2,1-4H3,(H,29,30)/b6-5-. The van der Waals surface area contributed by atoms with Gasteiger partial charge in [-0.2, -0.15) is 13.2 Å². The third kappa shape index (κ3) is 4.26. The molecule has 0 atom stereocenters. The summed E-state index contributed by atoms with van der Waals surface area (Å²) in [4.78, 5) is 6.77. The van der Waals surface area contributed by atoms with Crippen LogP contribution in [-0.2, 0) is 6.18 Å². The van der Waals surface area contributed by atoms with Crippen LogP contribution in [0.1, 0.15) is 39.7 Å². The molecule has 7 heteroatoms. The molecule has 2 aromatic carbocycles. The van der Waals surface area contributed by atoms with Crippen LogP contribution < -0.4 is 10.2 Å². The Morgan fingerprint density at radius 2 is 1.94 bits per heavy atom. The van der Waals surface area contributed by atoms with Crippen LogP contribution in [0, 0.1) is 5.41 Å². The molecule has 0 spiro atoms. The number of para-hydroxylation sites is 2. The average molecular weight is 458 g/mol. The van der Waals surface area contributed by atoms with Crippen molar-refractivity contribution in [3.63, 3.8) is 0 Å². The number of rotatable bonds is 5. The van der Waals surface area contributed by atoms with Crippen molar-refractivity contribution in [1.29, 1.82) is 0 Å². The van der Waals surface area contributed by atoms with Crippen molar-refractivity contribution >= 4 is 38.1 Å². The van der Waals surface area contributed by atoms with E-state index < -0.39 is 11.7 Å². The summed E-state index contributed by atoms with van der Waals surface area (Å²) < 4.78 is 39.9. The molecular formula is C25H26F3N3S. The molecule has 0 bridgehead atoms. The topological polar surface area (TPSA) is 28.2 Å². The number of benzene rings is 2. The van der Waals surface area contributed by atoms with Gasteiger partial charge in [-0.1, -0.05) is 49.5 Å². The van der Waals surface area contributed by atoms with E-state index in [9.17, 15) is 13.2 Å². The lowest BCUT2D eigenvalue weighted by molar-refractivity contribution is -0.137. The van der Waals surface area contributed by atoms with Crippen molar-refractivity contribution in [3.05, 3.63) is 71.5 Å². The predicted molar refractivity (Wildman–Crippen MR) is 128 cm³/mol. The molecule has 0 unspecified atom stereocenters. The third-order valence-electron chi connectivity index (χ3n) is 6.03. The first-order valence-electron chi connectivity index (χ1n) is 10.5. The second-order valence-corrected chi connectivity index (χ2v) is 9.69. The molecule has 1 N–H and O–H groups in total. The van der Waals surface area contributed by atoms with Crippen LogP contribution in [0.3, 0.4) is 0 Å². The zero-order chi connectivity index (χ0) is 23.1. The Kier molecular flexibility index (Phi) is 5.79. The van der Waals surface area contributed by atoms with Gasteiger partial charge in [0, 0.05) is 24.1 Å². The summed E-state index contributed by atoms with van der Waals surface area (Å²) in [6, 6.07) is 11.7. The van der Waals surface area contributed by atoms with Crippen molar-refractivity contribution in [1.82, 2.24) is 4.98 Å². The van der Waals surface area contributed by atoms with E-state index in [1.165, 1.54) is 28.7 Å². The molecule has 1 aliphatic rings. The number of nitrogens with zero attached hydrogens (tertiary/aromatic N) is 2. The molecular weight excluding hydrogens is 431 g/mol. The summed E-state index contributed by atoms with van der Waals surface area (Å²) in [5.74, 6) is 0. The molecule has 0 radical (unpaired) electrons. The van der Waals surface area contributed by atoms with Gasteiger partial charge in [-0.05, 0) is 49.8 Å². The summed E-state index contributed by atoms with van der Waals surface area (Å²) in [6.45, 7) is 9.58. The SMILES string of the molecule is C/C=C\CC1=C(C)C(C)(C)CN1c1ccccc1Nc1nc2cc(C(F)(F)F)ccc2s1. The number of anilines is 3. The van der Waals surface area contributed by atoms with Gasteiger partial charge < -0.3 is 10.2 Å². The average Bonchev–Trinajstić information content (AvgIpc) is 3.23. The minimum atomic E-state index is -4.38. The van der Waals surface area contributed by atoms with Crippen molar-refractivity contribution in [2.45, 2.75) is 40.3 Å². The minimum Gasteiger partial charge on any atom is -0.342 e. The lowest BCUT2D eigenvalue weighted by atomic mass is 9.87. The lowest BCUT2D eigenvalue weighted by Gasteiger charge is -2.27. The summed E-state index contributed by atoms with van der Waals surface area (Å²) in [7, 11) is 0. The van der Waals surface area contributed by atoms with E-state index >= 15 is 0 Å². The van der Waals surface area contributed by atoms with Crippen LogP contribution >= 0.6 is 11.3 Å². The molecule has 0 fully saturated rings. The highest BCUT2D eigenvalue weighted by Crippen LogP contribution is 2.45. The van der Waals surface area contributed by atoms with Crippen LogP contribution in [0.4, 0.5) is 29.7 Å². The lowest BCUT2D eigenvalue weighted by Crippen LogP contribution is -2.25. The molecule has 168 valence electrons. The van der Waals surface area contributed by atoms with E-state index in [-0.39, 0.29) is 5.41 Å². The first-order valence-corrected chi connectivity index (χ1v) is 11.3. The molecule has 0 amide bonds. The van der Waals surface area contributed by atoms with Crippen LogP contribution in [0.25, 0.3) is 10.2 Å². The Labute approximate surface area is 190 Å². The predicted octanol–water partition coefficient (Wildman–Crippen LogP) is 8.15. The normalized spacial score (nSPS) is 16.5. The van der Waals surface area contributed by atoms with Gasteiger partial charge >= 0.3 is 6.18 Å². The highest BCUT2D eigenvalue weighted by molar-refractivity contribution is 7.22. The molecule has 3 aromatic rings. The third-order valence-corrected chi connectivity index (χ3v) is 6.98. The molecule has 2 heterocycles. The van der Waals surface area contributed by atoms with Crippen LogP contribution in [0.5, 0.6) is 0 Å². The molecule has 0 aliphatic carbocycles. The van der Waals surface area contributed by atoms with E-state index in [4.69, 9.17) is 0 Å². The number of fused-ring (bicyclic) bond motifs is 1. The number of alkyl halides is 3. The van der Waals surface area contributed by atoms with Crippen LogP contribution in [-0.4, -0.2) is 11.5 Å². The quantitative estimate of drug-likeness (QED) is 0.392. The van der Waals surface area contributed by atoms with Gasteiger partial charge in [0.15, 0.2) is 5.13 Å². The smallest absolute Gasteiger partial charge is 0.342 e. The number of thiazole rings is 1. The Morgan fingerprint density at radius 1 is 1.19 bits per heavy atom. The number of hydrogen-bond donors (Lipinski definition) is 1. The van der Waals surface area contributed by atoms with Gasteiger partial charge in [0.1, 0.15) is 0 Å². The maximum absolute atomic E-state index is 13.1. The second-order valence-electron chi connectivity index (χ2n) is 8.66. The summed E-state index contributed by atoms with van der Waals surface area (Å²) in [5.41, 5.74) is 4.27. The first-order chi connectivity index (χ1) is 15.1. The van der Waals surface area contributed by atoms with Gasteiger partial charge in [0.25, 0.3) is 0 Å². The fraction of sp³-hybridized carbons (Fsp3) is 0.320. The van der Waals surface area contributed by atoms with E-state index in [1.807, 2.05) is 25.1 Å². The maximum Gasteiger partial charge on any atom is 0.416 e. The van der Waals surface area contributed by atoms with Crippen molar-refractivity contribution in [2.24, 2.45) is 5.41 Å². The first kappa shape index (κ1) is 22.4. The zero-order valence-corrected chi connectivity index (χ0v) is 19.4. The highest BCUT2D eigenvalue weighted by atomic mass is 32.1. The molecule has 3 nitrogen and oxygen atoms in total. The number of aromatic nitrogens is 1. The monoisotopic (exact) mass is 457 g/mol. The Bertz CT molecular complexity index is 1200. The maximum atomic E-state index is 13.1. The fourth-order valence-electron chi connectivity index (χ4n) is 4.01. The summed E-state index contributed by atoms with van der Waals surface area (Å²) in [6.07, 6.45) is 0.689. The Morgan fingerprint density at radius 3 is 2.66 bits per heavy atom.